The normalized spacial score (nSPS) is 13.7. The van der Waals surface area contributed by atoms with E-state index in [0.29, 0.717) is 11.3 Å². The van der Waals surface area contributed by atoms with Crippen LogP contribution in [0.2, 0.25) is 0 Å². The van der Waals surface area contributed by atoms with Gasteiger partial charge in [-0.3, -0.25) is 9.59 Å². The van der Waals surface area contributed by atoms with Gasteiger partial charge in [0.1, 0.15) is 11.6 Å². The highest BCUT2D eigenvalue weighted by molar-refractivity contribution is 7.81. The van der Waals surface area contributed by atoms with Crippen molar-refractivity contribution in [2.45, 2.75) is 33.6 Å². The lowest BCUT2D eigenvalue weighted by molar-refractivity contribution is -0.128. The van der Waals surface area contributed by atoms with Crippen LogP contribution in [0.25, 0.3) is 0 Å². The highest BCUT2D eigenvalue weighted by atomic mass is 32.1. The second kappa shape index (κ2) is 6.01. The van der Waals surface area contributed by atoms with Crippen LogP contribution in [-0.4, -0.2) is 16.4 Å². The number of carbonyl (C=O) groups excluding carboxylic acids is 2. The maximum Gasteiger partial charge on any atom is 0.144 e. The van der Waals surface area contributed by atoms with Crippen LogP contribution in [0, 0.1) is 5.41 Å². The molecule has 0 heterocycles. The molecule has 0 saturated carbocycles. The number of benzene rings is 1. The summed E-state index contributed by atoms with van der Waals surface area (Å²) < 4.78 is 0. The average molecular weight is 262 g/mol. The van der Waals surface area contributed by atoms with Gasteiger partial charge in [0.15, 0.2) is 0 Å². The molecule has 0 N–H and O–H groups in total. The monoisotopic (exact) mass is 262 g/mol. The van der Waals surface area contributed by atoms with Crippen LogP contribution < -0.4 is 0 Å². The lowest BCUT2D eigenvalue weighted by atomic mass is 9.75. The largest absolute Gasteiger partial charge is 0.300 e. The van der Waals surface area contributed by atoms with Crippen LogP contribution in [0.3, 0.4) is 0 Å². The van der Waals surface area contributed by atoms with Crippen molar-refractivity contribution in [1.29, 1.82) is 0 Å². The van der Waals surface area contributed by atoms with Crippen molar-refractivity contribution in [3.63, 3.8) is 0 Å². The van der Waals surface area contributed by atoms with Crippen molar-refractivity contribution in [1.82, 2.24) is 0 Å². The van der Waals surface area contributed by atoms with Crippen LogP contribution in [0.1, 0.15) is 39.2 Å². The second-order valence-corrected chi connectivity index (χ2v) is 5.09. The van der Waals surface area contributed by atoms with Crippen LogP contribution in [-0.2, 0) is 9.59 Å². The van der Waals surface area contributed by atoms with Crippen LogP contribution in [0.4, 0.5) is 0 Å². The lowest BCUT2D eigenvalue weighted by Gasteiger charge is -2.28. The molecular formula is C15H18O2S. The van der Waals surface area contributed by atoms with Gasteiger partial charge in [0.25, 0.3) is 0 Å². The number of rotatable bonds is 6. The highest BCUT2D eigenvalue weighted by Gasteiger charge is 2.37. The fourth-order valence-corrected chi connectivity index (χ4v) is 2.42. The van der Waals surface area contributed by atoms with E-state index in [1.807, 2.05) is 30.3 Å². The van der Waals surface area contributed by atoms with Crippen LogP contribution >= 0.6 is 12.2 Å². The fraction of sp³-hybridized carbons (Fsp3) is 0.400. The first-order valence-corrected chi connectivity index (χ1v) is 6.45. The maximum atomic E-state index is 12.1. The molecule has 3 heteroatoms. The third kappa shape index (κ3) is 3.10. The molecule has 0 saturated heterocycles. The zero-order chi connectivity index (χ0) is 13.8. The molecular weight excluding hydrogens is 244 g/mol. The van der Waals surface area contributed by atoms with Crippen LogP contribution in [0.5, 0.6) is 0 Å². The van der Waals surface area contributed by atoms with E-state index in [-0.39, 0.29) is 18.0 Å². The summed E-state index contributed by atoms with van der Waals surface area (Å²) in [6.07, 6.45) is 0.560. The Kier molecular flexibility index (Phi) is 4.91. The third-order valence-corrected chi connectivity index (χ3v) is 3.76. The molecule has 96 valence electrons. The number of thiocarbonyl (C=S) groups is 1. The molecule has 0 bridgehead atoms. The summed E-state index contributed by atoms with van der Waals surface area (Å²) in [5.74, 6) is 0.00383. The van der Waals surface area contributed by atoms with Crippen LogP contribution in [0.15, 0.2) is 30.3 Å². The standard InChI is InChI=1S/C15H18O2S/c1-4-13(17)15(3,10-11(2)16)14(18)12-8-6-5-7-9-12/h5-9H,4,10H2,1-3H3. The molecule has 2 nitrogen and oxygen atoms in total. The zero-order valence-corrected chi connectivity index (χ0v) is 11.8. The van der Waals surface area contributed by atoms with E-state index in [9.17, 15) is 9.59 Å². The van der Waals surface area contributed by atoms with Crippen molar-refractivity contribution in [3.8, 4) is 0 Å². The van der Waals surface area contributed by atoms with Gasteiger partial charge in [-0.25, -0.2) is 0 Å². The summed E-state index contributed by atoms with van der Waals surface area (Å²) in [6.45, 7) is 5.07. The Morgan fingerprint density at radius 3 is 2.22 bits per heavy atom. The van der Waals surface area contributed by atoms with E-state index in [0.717, 1.165) is 5.56 Å². The molecule has 18 heavy (non-hydrogen) atoms. The quantitative estimate of drug-likeness (QED) is 0.582. The van der Waals surface area contributed by atoms with Gasteiger partial charge in [0, 0.05) is 17.7 Å². The number of carbonyl (C=O) groups is 2. The Balaban J connectivity index is 3.15. The Morgan fingerprint density at radius 2 is 1.78 bits per heavy atom. The van der Waals surface area contributed by atoms with Crippen molar-refractivity contribution in [2.75, 3.05) is 0 Å². The molecule has 0 aliphatic heterocycles. The minimum Gasteiger partial charge on any atom is -0.300 e. The summed E-state index contributed by atoms with van der Waals surface area (Å²) in [5, 5.41) is 0. The Hall–Kier alpha value is -1.35. The molecule has 0 fully saturated rings. The van der Waals surface area contributed by atoms with E-state index in [1.165, 1.54) is 6.92 Å². The topological polar surface area (TPSA) is 34.1 Å². The Morgan fingerprint density at radius 1 is 1.22 bits per heavy atom. The predicted molar refractivity (Wildman–Crippen MR) is 76.8 cm³/mol. The molecule has 0 aliphatic rings. The molecule has 1 unspecified atom stereocenters. The van der Waals surface area contributed by atoms with Gasteiger partial charge in [-0.05, 0) is 19.4 Å². The van der Waals surface area contributed by atoms with Crippen molar-refractivity contribution in [2.24, 2.45) is 5.41 Å². The Bertz CT molecular complexity index is 465. The summed E-state index contributed by atoms with van der Waals surface area (Å²) in [7, 11) is 0. The minimum absolute atomic E-state index is 0.0161. The Labute approximate surface area is 113 Å². The molecule has 1 aromatic carbocycles. The van der Waals surface area contributed by atoms with E-state index in [1.54, 1.807) is 13.8 Å². The summed E-state index contributed by atoms with van der Waals surface area (Å²) in [5.41, 5.74) is -0.0184. The van der Waals surface area contributed by atoms with Gasteiger partial charge in [-0.15, -0.1) is 0 Å². The van der Waals surface area contributed by atoms with E-state index < -0.39 is 5.41 Å². The van der Waals surface area contributed by atoms with E-state index >= 15 is 0 Å². The van der Waals surface area contributed by atoms with Gasteiger partial charge in [0.05, 0.1) is 5.41 Å². The number of ketones is 2. The van der Waals surface area contributed by atoms with Gasteiger partial charge in [-0.1, -0.05) is 49.5 Å². The average Bonchev–Trinajstić information content (AvgIpc) is 2.36. The van der Waals surface area contributed by atoms with E-state index in [2.05, 4.69) is 0 Å². The van der Waals surface area contributed by atoms with Gasteiger partial charge < -0.3 is 0 Å². The second-order valence-electron chi connectivity index (χ2n) is 4.68. The van der Waals surface area contributed by atoms with Gasteiger partial charge in [-0.2, -0.15) is 0 Å². The van der Waals surface area contributed by atoms with E-state index in [4.69, 9.17) is 12.2 Å². The fourth-order valence-electron chi connectivity index (χ4n) is 2.10. The summed E-state index contributed by atoms with van der Waals surface area (Å²) in [6, 6.07) is 9.42. The molecule has 0 amide bonds. The maximum absolute atomic E-state index is 12.1. The smallest absolute Gasteiger partial charge is 0.144 e. The first-order chi connectivity index (χ1) is 8.41. The predicted octanol–water partition coefficient (Wildman–Crippen LogP) is 3.37. The van der Waals surface area contributed by atoms with Crippen molar-refractivity contribution < 1.29 is 9.59 Å². The van der Waals surface area contributed by atoms with Gasteiger partial charge in [0.2, 0.25) is 0 Å². The van der Waals surface area contributed by atoms with Crippen molar-refractivity contribution >= 4 is 28.6 Å². The lowest BCUT2D eigenvalue weighted by Crippen LogP contribution is -2.37. The number of hydrogen-bond donors (Lipinski definition) is 0. The number of Topliss-reactive ketones (excluding diaryl/α,β-unsaturated/α-hetero) is 2. The third-order valence-electron chi connectivity index (χ3n) is 3.08. The van der Waals surface area contributed by atoms with Gasteiger partial charge >= 0.3 is 0 Å². The first-order valence-electron chi connectivity index (χ1n) is 6.04. The summed E-state index contributed by atoms with van der Waals surface area (Å²) in [4.78, 5) is 24.1. The highest BCUT2D eigenvalue weighted by Crippen LogP contribution is 2.30. The molecule has 0 aromatic heterocycles. The molecule has 0 aliphatic carbocycles. The zero-order valence-electron chi connectivity index (χ0n) is 11.0. The van der Waals surface area contributed by atoms with Crippen molar-refractivity contribution in [3.05, 3.63) is 35.9 Å². The molecule has 1 atom stereocenters. The minimum atomic E-state index is -0.864. The molecule has 1 rings (SSSR count). The molecule has 1 aromatic rings. The summed E-state index contributed by atoms with van der Waals surface area (Å²) >= 11 is 5.44. The molecule has 0 radical (unpaired) electrons. The molecule has 0 spiro atoms. The SMILES string of the molecule is CCC(=O)C(C)(CC(C)=O)C(=S)c1ccccc1. The first kappa shape index (κ1) is 14.7. The number of hydrogen-bond acceptors (Lipinski definition) is 3.